The first-order valence-electron chi connectivity index (χ1n) is 6.25. The fourth-order valence-corrected chi connectivity index (χ4v) is 2.79. The maximum atomic E-state index is 3.45. The van der Waals surface area contributed by atoms with Crippen molar-refractivity contribution < 1.29 is 0 Å². The zero-order valence-corrected chi connectivity index (χ0v) is 13.6. The third-order valence-electron chi connectivity index (χ3n) is 3.15. The first kappa shape index (κ1) is 14.4. The molecular weight excluding hydrogens is 316 g/mol. The Morgan fingerprint density at radius 2 is 1.79 bits per heavy atom. The number of halogens is 1. The Morgan fingerprint density at radius 3 is 2.53 bits per heavy atom. The van der Waals surface area contributed by atoms with Gasteiger partial charge in [-0.3, -0.25) is 0 Å². The van der Waals surface area contributed by atoms with Crippen LogP contribution in [0.5, 0.6) is 0 Å². The Labute approximate surface area is 128 Å². The molecule has 0 nitrogen and oxygen atoms in total. The van der Waals surface area contributed by atoms with E-state index < -0.39 is 0 Å². The summed E-state index contributed by atoms with van der Waals surface area (Å²) in [6.07, 6.45) is 2.20. The number of benzene rings is 2. The van der Waals surface area contributed by atoms with Gasteiger partial charge in [-0.05, 0) is 59.7 Å². The number of aryl methyl sites for hydroxylation is 1. The summed E-state index contributed by atoms with van der Waals surface area (Å²) in [5.41, 5.74) is 5.37. The highest BCUT2D eigenvalue weighted by Crippen LogP contribution is 2.19. The van der Waals surface area contributed by atoms with Crippen molar-refractivity contribution in [1.29, 1.82) is 0 Å². The van der Waals surface area contributed by atoms with Gasteiger partial charge in [-0.1, -0.05) is 46.3 Å². The number of hydrogen-bond acceptors (Lipinski definition) is 1. The van der Waals surface area contributed by atoms with Gasteiger partial charge in [0.1, 0.15) is 0 Å². The molecular formula is C17H17BrS. The van der Waals surface area contributed by atoms with Gasteiger partial charge in [0, 0.05) is 10.2 Å². The second-order valence-corrected chi connectivity index (χ2v) is 6.34. The fraction of sp³-hybridized carbons (Fsp3) is 0.176. The van der Waals surface area contributed by atoms with Crippen LogP contribution in [0.2, 0.25) is 0 Å². The Bertz CT molecular complexity index is 570. The van der Waals surface area contributed by atoms with Crippen LogP contribution >= 0.6 is 27.7 Å². The molecule has 0 unspecified atom stereocenters. The lowest BCUT2D eigenvalue weighted by molar-refractivity contribution is 1.33. The third kappa shape index (κ3) is 4.26. The van der Waals surface area contributed by atoms with Crippen LogP contribution < -0.4 is 0 Å². The molecule has 2 aromatic carbocycles. The first-order valence-corrected chi connectivity index (χ1v) is 8.10. The van der Waals surface area contributed by atoms with E-state index in [0.717, 1.165) is 10.2 Å². The topological polar surface area (TPSA) is 0 Å². The third-order valence-corrected chi connectivity index (χ3v) is 4.51. The van der Waals surface area contributed by atoms with Gasteiger partial charge in [0.25, 0.3) is 0 Å². The van der Waals surface area contributed by atoms with Crippen LogP contribution in [0.25, 0.3) is 6.08 Å². The second-order valence-electron chi connectivity index (χ2n) is 4.53. The molecule has 0 spiro atoms. The summed E-state index contributed by atoms with van der Waals surface area (Å²) in [6, 6.07) is 14.9. The van der Waals surface area contributed by atoms with Crippen molar-refractivity contribution in [3.05, 3.63) is 74.6 Å². The molecule has 2 heteroatoms. The summed E-state index contributed by atoms with van der Waals surface area (Å²) >= 11 is 5.28. The molecule has 0 aliphatic heterocycles. The molecule has 0 aliphatic rings. The molecule has 0 aliphatic carbocycles. The van der Waals surface area contributed by atoms with Crippen LogP contribution in [0.4, 0.5) is 0 Å². The predicted octanol–water partition coefficient (Wildman–Crippen LogP) is 5.97. The van der Waals surface area contributed by atoms with E-state index in [2.05, 4.69) is 83.7 Å². The summed E-state index contributed by atoms with van der Waals surface area (Å²) in [6.45, 7) is 4.33. The Morgan fingerprint density at radius 1 is 1.05 bits per heavy atom. The van der Waals surface area contributed by atoms with Crippen LogP contribution in [-0.2, 0) is 5.75 Å². The van der Waals surface area contributed by atoms with Crippen molar-refractivity contribution in [3.63, 3.8) is 0 Å². The molecule has 2 rings (SSSR count). The predicted molar refractivity (Wildman–Crippen MR) is 90.4 cm³/mol. The lowest BCUT2D eigenvalue weighted by Gasteiger charge is -2.03. The second kappa shape index (κ2) is 6.97. The molecule has 0 N–H and O–H groups in total. The van der Waals surface area contributed by atoms with Gasteiger partial charge >= 0.3 is 0 Å². The molecule has 0 heterocycles. The van der Waals surface area contributed by atoms with Gasteiger partial charge in [0.05, 0.1) is 0 Å². The zero-order valence-electron chi connectivity index (χ0n) is 11.2. The molecule has 98 valence electrons. The van der Waals surface area contributed by atoms with Crippen LogP contribution in [0, 0.1) is 13.8 Å². The van der Waals surface area contributed by atoms with Crippen LogP contribution in [0.15, 0.2) is 52.3 Å². The minimum absolute atomic E-state index is 1.01. The lowest BCUT2D eigenvalue weighted by Crippen LogP contribution is -1.84. The first-order chi connectivity index (χ1) is 9.16. The van der Waals surface area contributed by atoms with E-state index in [0.29, 0.717) is 0 Å². The van der Waals surface area contributed by atoms with E-state index in [1.54, 1.807) is 0 Å². The summed E-state index contributed by atoms with van der Waals surface area (Å²) in [4.78, 5) is 0. The van der Waals surface area contributed by atoms with E-state index >= 15 is 0 Å². The number of rotatable bonds is 4. The molecule has 0 fully saturated rings. The van der Waals surface area contributed by atoms with Crippen LogP contribution in [0.1, 0.15) is 22.3 Å². The smallest absolute Gasteiger partial charge is 0.0226 e. The van der Waals surface area contributed by atoms with Crippen LogP contribution in [0.3, 0.4) is 0 Å². The molecule has 0 saturated heterocycles. The summed E-state index contributed by atoms with van der Waals surface area (Å²) in [7, 11) is 0. The van der Waals surface area contributed by atoms with Crippen molar-refractivity contribution in [2.45, 2.75) is 19.6 Å². The lowest BCUT2D eigenvalue weighted by atomic mass is 10.0. The van der Waals surface area contributed by atoms with Gasteiger partial charge in [0.2, 0.25) is 0 Å². The molecule has 19 heavy (non-hydrogen) atoms. The van der Waals surface area contributed by atoms with Gasteiger partial charge in [-0.15, -0.1) is 11.8 Å². The molecule has 0 amide bonds. The molecule has 0 bridgehead atoms. The summed E-state index contributed by atoms with van der Waals surface area (Å²) < 4.78 is 1.13. The highest BCUT2D eigenvalue weighted by molar-refractivity contribution is 9.10. The Kier molecular flexibility index (Phi) is 5.29. The minimum atomic E-state index is 1.01. The van der Waals surface area contributed by atoms with E-state index in [-0.39, 0.29) is 0 Å². The molecule has 0 saturated carbocycles. The van der Waals surface area contributed by atoms with Gasteiger partial charge in [-0.2, -0.15) is 0 Å². The fourth-order valence-electron chi connectivity index (χ4n) is 1.80. The van der Waals surface area contributed by atoms with Crippen molar-refractivity contribution in [1.82, 2.24) is 0 Å². The Hall–Kier alpha value is -0.990. The highest BCUT2D eigenvalue weighted by atomic mass is 79.9. The quantitative estimate of drug-likeness (QED) is 0.664. The van der Waals surface area contributed by atoms with Crippen molar-refractivity contribution in [3.8, 4) is 0 Å². The highest BCUT2D eigenvalue weighted by Gasteiger charge is 1.96. The van der Waals surface area contributed by atoms with Gasteiger partial charge in [-0.25, -0.2) is 0 Å². The van der Waals surface area contributed by atoms with Gasteiger partial charge < -0.3 is 0 Å². The normalized spacial score (nSPS) is 11.1. The maximum absolute atomic E-state index is 3.45. The summed E-state index contributed by atoms with van der Waals surface area (Å²) in [5, 5.41) is 2.18. The van der Waals surface area contributed by atoms with Gasteiger partial charge in [0.15, 0.2) is 0 Å². The zero-order chi connectivity index (χ0) is 13.7. The van der Waals surface area contributed by atoms with E-state index in [1.807, 2.05) is 11.8 Å². The average molecular weight is 333 g/mol. The molecule has 0 radical (unpaired) electrons. The average Bonchev–Trinajstić information content (AvgIpc) is 2.41. The minimum Gasteiger partial charge on any atom is -0.129 e. The van der Waals surface area contributed by atoms with E-state index in [1.165, 1.54) is 22.3 Å². The van der Waals surface area contributed by atoms with Crippen molar-refractivity contribution in [2.75, 3.05) is 0 Å². The molecule has 0 aromatic heterocycles. The van der Waals surface area contributed by atoms with Crippen LogP contribution in [-0.4, -0.2) is 0 Å². The summed E-state index contributed by atoms with van der Waals surface area (Å²) in [5.74, 6) is 1.01. The number of thioether (sulfide) groups is 1. The van der Waals surface area contributed by atoms with E-state index in [4.69, 9.17) is 0 Å². The van der Waals surface area contributed by atoms with Crippen molar-refractivity contribution in [2.24, 2.45) is 0 Å². The number of hydrogen-bond donors (Lipinski definition) is 0. The molecule has 0 atom stereocenters. The van der Waals surface area contributed by atoms with E-state index in [9.17, 15) is 0 Å². The molecule has 2 aromatic rings. The van der Waals surface area contributed by atoms with Crippen molar-refractivity contribution >= 4 is 33.8 Å². The standard InChI is InChI=1S/C17H17BrS/c1-13-4-3-5-16(14(13)2)10-11-19-12-15-6-8-17(18)9-7-15/h3-11H,12H2,1-2H3. The largest absolute Gasteiger partial charge is 0.129 e. The Balaban J connectivity index is 1.93. The maximum Gasteiger partial charge on any atom is 0.0226 e. The monoisotopic (exact) mass is 332 g/mol. The SMILES string of the molecule is Cc1cccc(C=CSCc2ccc(Br)cc2)c1C.